The first kappa shape index (κ1) is 17.9. The molecule has 0 radical (unpaired) electrons. The fourth-order valence-electron chi connectivity index (χ4n) is 2.18. The van der Waals surface area contributed by atoms with E-state index >= 15 is 0 Å². The molecule has 0 atom stereocenters. The zero-order valence-electron chi connectivity index (χ0n) is 13.0. The summed E-state index contributed by atoms with van der Waals surface area (Å²) in [6, 6.07) is 8.37. The highest BCUT2D eigenvalue weighted by atomic mass is 35.5. The van der Waals surface area contributed by atoms with Gasteiger partial charge in [-0.1, -0.05) is 67.0 Å². The summed E-state index contributed by atoms with van der Waals surface area (Å²) >= 11 is 12.7. The van der Waals surface area contributed by atoms with E-state index in [-0.39, 0.29) is 0 Å². The largest absolute Gasteiger partial charge is 0.365 e. The van der Waals surface area contributed by atoms with Crippen LogP contribution in [-0.4, -0.2) is 11.4 Å². The number of allylic oxidation sites excluding steroid dienone is 4. The maximum atomic E-state index is 6.37. The van der Waals surface area contributed by atoms with E-state index in [2.05, 4.69) is 49.6 Å². The molecule has 1 aromatic carbocycles. The average Bonchev–Trinajstić information content (AvgIpc) is 2.49. The lowest BCUT2D eigenvalue weighted by Crippen LogP contribution is -2.25. The van der Waals surface area contributed by atoms with Gasteiger partial charge in [-0.3, -0.25) is 0 Å². The van der Waals surface area contributed by atoms with Crippen LogP contribution in [0.5, 0.6) is 0 Å². The zero-order valence-corrected chi connectivity index (χ0v) is 14.5. The molecule has 0 aliphatic carbocycles. The zero-order chi connectivity index (χ0) is 15.8. The number of rotatable bonds is 7. The molecule has 0 aliphatic rings. The lowest BCUT2D eigenvalue weighted by Gasteiger charge is -2.28. The van der Waals surface area contributed by atoms with Crippen LogP contribution in [0.3, 0.4) is 0 Å². The van der Waals surface area contributed by atoms with Gasteiger partial charge in [0.15, 0.2) is 0 Å². The second kappa shape index (κ2) is 8.96. The standard InChI is InChI=1S/C18H23Cl2N/c1-5-12-21(13-15-11-9-8-10-14(15)4)18(16(19)6-2)17(20)7-3/h6-11H,2,5,12-13H2,1,3-4H3/b17-7+,18-16-. The lowest BCUT2D eigenvalue weighted by atomic mass is 10.1. The SMILES string of the molecule is C=C/C(Cl)=C(\C(Cl)=C/C)N(CCC)Cc1ccccc1C. The molecule has 1 rings (SSSR count). The first-order valence-corrected chi connectivity index (χ1v) is 7.94. The molecule has 3 heteroatoms. The van der Waals surface area contributed by atoms with Gasteiger partial charge in [-0.25, -0.2) is 0 Å². The lowest BCUT2D eigenvalue weighted by molar-refractivity contribution is 0.344. The van der Waals surface area contributed by atoms with Crippen LogP contribution in [0.2, 0.25) is 0 Å². The van der Waals surface area contributed by atoms with Gasteiger partial charge in [0.2, 0.25) is 0 Å². The summed E-state index contributed by atoms with van der Waals surface area (Å²) in [5, 5.41) is 1.24. The molecule has 0 saturated carbocycles. The van der Waals surface area contributed by atoms with Crippen LogP contribution in [0.1, 0.15) is 31.4 Å². The van der Waals surface area contributed by atoms with Gasteiger partial charge in [-0.05, 0) is 37.5 Å². The summed E-state index contributed by atoms with van der Waals surface area (Å²) in [5.41, 5.74) is 3.39. The minimum absolute atomic E-state index is 0.583. The molecule has 0 spiro atoms. The highest BCUT2D eigenvalue weighted by Gasteiger charge is 2.16. The molecule has 114 valence electrons. The van der Waals surface area contributed by atoms with E-state index in [9.17, 15) is 0 Å². The summed E-state index contributed by atoms with van der Waals surface area (Å²) < 4.78 is 0. The molecular weight excluding hydrogens is 301 g/mol. The second-order valence-electron chi connectivity index (χ2n) is 4.89. The summed E-state index contributed by atoms with van der Waals surface area (Å²) in [6.07, 6.45) is 4.52. The Bertz CT molecular complexity index is 544. The first-order valence-electron chi connectivity index (χ1n) is 7.18. The van der Waals surface area contributed by atoms with Crippen LogP contribution < -0.4 is 0 Å². The third-order valence-electron chi connectivity index (χ3n) is 3.32. The quantitative estimate of drug-likeness (QED) is 0.557. The Morgan fingerprint density at radius 3 is 2.48 bits per heavy atom. The van der Waals surface area contributed by atoms with Crippen molar-refractivity contribution in [3.8, 4) is 0 Å². The van der Waals surface area contributed by atoms with Crippen molar-refractivity contribution in [1.82, 2.24) is 4.90 Å². The van der Waals surface area contributed by atoms with Crippen molar-refractivity contribution in [1.29, 1.82) is 0 Å². The Morgan fingerprint density at radius 2 is 1.95 bits per heavy atom. The van der Waals surface area contributed by atoms with Gasteiger partial charge in [-0.2, -0.15) is 0 Å². The highest BCUT2D eigenvalue weighted by molar-refractivity contribution is 6.36. The van der Waals surface area contributed by atoms with Crippen molar-refractivity contribution in [2.24, 2.45) is 0 Å². The van der Waals surface area contributed by atoms with Crippen molar-refractivity contribution in [3.05, 3.63) is 69.9 Å². The number of halogens is 2. The van der Waals surface area contributed by atoms with Crippen LogP contribution in [0.25, 0.3) is 0 Å². The Morgan fingerprint density at radius 1 is 1.29 bits per heavy atom. The minimum Gasteiger partial charge on any atom is -0.365 e. The Kier molecular flexibility index (Phi) is 7.63. The van der Waals surface area contributed by atoms with Crippen molar-refractivity contribution < 1.29 is 0 Å². The van der Waals surface area contributed by atoms with Gasteiger partial charge in [0.25, 0.3) is 0 Å². The molecular formula is C18H23Cl2N. The van der Waals surface area contributed by atoms with E-state index in [0.717, 1.165) is 25.2 Å². The molecule has 0 N–H and O–H groups in total. The van der Waals surface area contributed by atoms with Gasteiger partial charge in [0.1, 0.15) is 0 Å². The molecule has 0 unspecified atom stereocenters. The molecule has 0 heterocycles. The van der Waals surface area contributed by atoms with E-state index in [1.807, 2.05) is 13.0 Å². The number of nitrogens with zero attached hydrogens (tertiary/aromatic N) is 1. The van der Waals surface area contributed by atoms with Crippen molar-refractivity contribution in [2.45, 2.75) is 33.7 Å². The maximum absolute atomic E-state index is 6.37. The van der Waals surface area contributed by atoms with E-state index in [1.165, 1.54) is 11.1 Å². The maximum Gasteiger partial charge on any atom is 0.0744 e. The number of hydrogen-bond acceptors (Lipinski definition) is 1. The van der Waals surface area contributed by atoms with Crippen LogP contribution >= 0.6 is 23.2 Å². The predicted molar refractivity (Wildman–Crippen MR) is 94.6 cm³/mol. The van der Waals surface area contributed by atoms with E-state index in [1.54, 1.807) is 6.08 Å². The Balaban J connectivity index is 3.21. The normalized spacial score (nSPS) is 12.9. The Labute approximate surface area is 138 Å². The number of aryl methyl sites for hydroxylation is 1. The molecule has 1 aromatic rings. The highest BCUT2D eigenvalue weighted by Crippen LogP contribution is 2.28. The van der Waals surface area contributed by atoms with E-state index < -0.39 is 0 Å². The molecule has 1 nitrogen and oxygen atoms in total. The van der Waals surface area contributed by atoms with Gasteiger partial charge in [0, 0.05) is 13.1 Å². The average molecular weight is 324 g/mol. The third kappa shape index (κ3) is 4.94. The van der Waals surface area contributed by atoms with Crippen LogP contribution in [-0.2, 0) is 6.54 Å². The van der Waals surface area contributed by atoms with Crippen LogP contribution in [0.4, 0.5) is 0 Å². The second-order valence-corrected chi connectivity index (χ2v) is 5.70. The van der Waals surface area contributed by atoms with Gasteiger partial charge in [-0.15, -0.1) is 0 Å². The molecule has 0 amide bonds. The fourth-order valence-corrected chi connectivity index (χ4v) is 2.67. The number of benzene rings is 1. The summed E-state index contributed by atoms with van der Waals surface area (Å²) in [7, 11) is 0. The molecule has 0 aromatic heterocycles. The van der Waals surface area contributed by atoms with Crippen LogP contribution in [0, 0.1) is 6.92 Å². The van der Waals surface area contributed by atoms with E-state index in [0.29, 0.717) is 10.1 Å². The van der Waals surface area contributed by atoms with Crippen LogP contribution in [0.15, 0.2) is 58.8 Å². The topological polar surface area (TPSA) is 3.24 Å². The van der Waals surface area contributed by atoms with E-state index in [4.69, 9.17) is 23.2 Å². The van der Waals surface area contributed by atoms with Gasteiger partial charge < -0.3 is 4.90 Å². The molecule has 0 bridgehead atoms. The smallest absolute Gasteiger partial charge is 0.0744 e. The summed E-state index contributed by atoms with van der Waals surface area (Å²) in [6.45, 7) is 11.6. The molecule has 21 heavy (non-hydrogen) atoms. The molecule has 0 aliphatic heterocycles. The fraction of sp³-hybridized carbons (Fsp3) is 0.333. The van der Waals surface area contributed by atoms with Crippen molar-refractivity contribution in [2.75, 3.05) is 6.54 Å². The molecule has 0 saturated heterocycles. The summed E-state index contributed by atoms with van der Waals surface area (Å²) in [5.74, 6) is 0. The summed E-state index contributed by atoms with van der Waals surface area (Å²) in [4.78, 5) is 2.22. The van der Waals surface area contributed by atoms with Gasteiger partial charge >= 0.3 is 0 Å². The van der Waals surface area contributed by atoms with Gasteiger partial charge in [0.05, 0.1) is 15.8 Å². The van der Waals surface area contributed by atoms with Crippen molar-refractivity contribution >= 4 is 23.2 Å². The monoisotopic (exact) mass is 323 g/mol. The first-order chi connectivity index (χ1) is 10.0. The predicted octanol–water partition coefficient (Wildman–Crippen LogP) is 5.99. The third-order valence-corrected chi connectivity index (χ3v) is 4.05. The van der Waals surface area contributed by atoms with Crippen molar-refractivity contribution in [3.63, 3.8) is 0 Å². The Hall–Kier alpha value is -1.18. The molecule has 0 fully saturated rings. The minimum atomic E-state index is 0.583. The number of hydrogen-bond donors (Lipinski definition) is 0.